The van der Waals surface area contributed by atoms with Gasteiger partial charge in [-0.2, -0.15) is 0 Å². The van der Waals surface area contributed by atoms with E-state index in [1.54, 1.807) is 31.4 Å². The van der Waals surface area contributed by atoms with Crippen LogP contribution in [0.1, 0.15) is 48.8 Å². The first-order valence-corrected chi connectivity index (χ1v) is 12.7. The molecule has 2 aromatic rings. The molecule has 2 amide bonds. The highest BCUT2D eigenvalue weighted by Crippen LogP contribution is 2.13. The predicted octanol–water partition coefficient (Wildman–Crippen LogP) is 2.20. The molecular formula is C28H36N4O7. The topological polar surface area (TPSA) is 183 Å². The van der Waals surface area contributed by atoms with Gasteiger partial charge in [0.1, 0.15) is 17.6 Å². The number of aryl methyl sites for hydroxylation is 1. The average molecular weight is 541 g/mol. The summed E-state index contributed by atoms with van der Waals surface area (Å²) in [5, 5.41) is 28.4. The first-order valence-electron chi connectivity index (χ1n) is 12.7. The second kappa shape index (κ2) is 15.8. The lowest BCUT2D eigenvalue weighted by molar-refractivity contribution is -0.145. The Bertz CT molecular complexity index is 1130. The summed E-state index contributed by atoms with van der Waals surface area (Å²) in [5.74, 6) is -2.76. The summed E-state index contributed by atoms with van der Waals surface area (Å²) in [6.45, 7) is 0.0472. The lowest BCUT2D eigenvalue weighted by Gasteiger charge is -2.27. The maximum Gasteiger partial charge on any atom is 0.305 e. The number of nitrogens with zero attached hydrogens (tertiary/aromatic N) is 1. The van der Waals surface area contributed by atoms with Crippen LogP contribution in [-0.4, -0.2) is 70.9 Å². The summed E-state index contributed by atoms with van der Waals surface area (Å²) in [5.41, 5.74) is 8.01. The second-order valence-corrected chi connectivity index (χ2v) is 9.10. The molecule has 0 unspecified atom stereocenters. The lowest BCUT2D eigenvalue weighted by atomic mass is 10.0. The number of nitrogens with two attached hydrogens (primary N) is 1. The zero-order valence-corrected chi connectivity index (χ0v) is 22.0. The Balaban J connectivity index is 1.96. The first kappa shape index (κ1) is 30.8. The van der Waals surface area contributed by atoms with Crippen molar-refractivity contribution < 1.29 is 34.1 Å². The van der Waals surface area contributed by atoms with E-state index >= 15 is 0 Å². The SMILES string of the molecule is COc1ccc(CCN(CCC(=O)O)C(=O)[C@H](CC(=O)O)NC(=O)CCCCc2ccc(C(=N)N)cc2)cc1. The number of nitrogen functional groups attached to an aromatic ring is 1. The molecular weight excluding hydrogens is 504 g/mol. The van der Waals surface area contributed by atoms with Crippen LogP contribution in [0.5, 0.6) is 5.75 Å². The summed E-state index contributed by atoms with van der Waals surface area (Å²) in [6.07, 6.45) is 1.52. The summed E-state index contributed by atoms with van der Waals surface area (Å²) in [7, 11) is 1.55. The largest absolute Gasteiger partial charge is 0.497 e. The van der Waals surface area contributed by atoms with E-state index in [2.05, 4.69) is 5.32 Å². The number of carbonyl (C=O) groups excluding carboxylic acids is 2. The fraction of sp³-hybridized carbons (Fsp3) is 0.393. The van der Waals surface area contributed by atoms with E-state index in [-0.39, 0.29) is 31.8 Å². The Morgan fingerprint density at radius 2 is 1.51 bits per heavy atom. The Hall–Kier alpha value is -4.41. The Kier molecular flexibility index (Phi) is 12.4. The van der Waals surface area contributed by atoms with Gasteiger partial charge in [0.15, 0.2) is 0 Å². The van der Waals surface area contributed by atoms with E-state index in [0.717, 1.165) is 11.1 Å². The van der Waals surface area contributed by atoms with Crippen molar-refractivity contribution in [1.29, 1.82) is 5.41 Å². The monoisotopic (exact) mass is 540 g/mol. The van der Waals surface area contributed by atoms with Crippen LogP contribution in [-0.2, 0) is 32.0 Å². The van der Waals surface area contributed by atoms with Crippen molar-refractivity contribution in [1.82, 2.24) is 10.2 Å². The van der Waals surface area contributed by atoms with E-state index in [1.807, 2.05) is 24.3 Å². The molecule has 0 aliphatic carbocycles. The number of methoxy groups -OCH3 is 1. The molecule has 0 spiro atoms. The third-order valence-corrected chi connectivity index (χ3v) is 6.13. The molecule has 0 saturated heterocycles. The molecule has 0 saturated carbocycles. The third-order valence-electron chi connectivity index (χ3n) is 6.13. The number of carboxylic acids is 2. The van der Waals surface area contributed by atoms with E-state index < -0.39 is 36.2 Å². The number of carbonyl (C=O) groups is 4. The van der Waals surface area contributed by atoms with Gasteiger partial charge in [0.25, 0.3) is 0 Å². The molecule has 0 radical (unpaired) electrons. The highest BCUT2D eigenvalue weighted by Gasteiger charge is 2.28. The number of rotatable bonds is 17. The van der Waals surface area contributed by atoms with Crippen molar-refractivity contribution >= 4 is 29.6 Å². The fourth-order valence-electron chi connectivity index (χ4n) is 3.95. The number of hydrogen-bond acceptors (Lipinski definition) is 6. The van der Waals surface area contributed by atoms with Crippen molar-refractivity contribution in [3.8, 4) is 5.75 Å². The van der Waals surface area contributed by atoms with Crippen molar-refractivity contribution in [3.63, 3.8) is 0 Å². The number of benzene rings is 2. The fourth-order valence-corrected chi connectivity index (χ4v) is 3.95. The number of amides is 2. The average Bonchev–Trinajstić information content (AvgIpc) is 2.90. The molecule has 2 aromatic carbocycles. The molecule has 11 nitrogen and oxygen atoms in total. The highest BCUT2D eigenvalue weighted by molar-refractivity contribution is 5.94. The van der Waals surface area contributed by atoms with Gasteiger partial charge in [0.2, 0.25) is 11.8 Å². The summed E-state index contributed by atoms with van der Waals surface area (Å²) in [6, 6.07) is 13.2. The van der Waals surface area contributed by atoms with E-state index in [4.69, 9.17) is 21.0 Å². The number of carboxylic acid groups (broad SMARTS) is 2. The van der Waals surface area contributed by atoms with Gasteiger partial charge in [-0.05, 0) is 48.9 Å². The summed E-state index contributed by atoms with van der Waals surface area (Å²) < 4.78 is 5.14. The molecule has 39 heavy (non-hydrogen) atoms. The van der Waals surface area contributed by atoms with Crippen LogP contribution >= 0.6 is 0 Å². The molecule has 0 aliphatic heterocycles. The third kappa shape index (κ3) is 11.2. The molecule has 6 N–H and O–H groups in total. The van der Waals surface area contributed by atoms with Crippen LogP contribution in [0.15, 0.2) is 48.5 Å². The Morgan fingerprint density at radius 1 is 0.897 bits per heavy atom. The van der Waals surface area contributed by atoms with Gasteiger partial charge in [0.05, 0.1) is 20.0 Å². The number of nitrogens with one attached hydrogen (secondary N) is 2. The number of unbranched alkanes of at least 4 members (excludes halogenated alkanes) is 1. The van der Waals surface area contributed by atoms with Gasteiger partial charge in [-0.25, -0.2) is 0 Å². The van der Waals surface area contributed by atoms with Gasteiger partial charge in [0, 0.05) is 25.1 Å². The van der Waals surface area contributed by atoms with Crippen LogP contribution in [0.2, 0.25) is 0 Å². The quantitative estimate of drug-likeness (QED) is 0.115. The van der Waals surface area contributed by atoms with Gasteiger partial charge < -0.3 is 30.9 Å². The van der Waals surface area contributed by atoms with Crippen molar-refractivity contribution in [2.75, 3.05) is 20.2 Å². The molecule has 0 fully saturated rings. The smallest absolute Gasteiger partial charge is 0.305 e. The molecule has 210 valence electrons. The van der Waals surface area contributed by atoms with Crippen molar-refractivity contribution in [2.24, 2.45) is 5.73 Å². The van der Waals surface area contributed by atoms with Crippen molar-refractivity contribution in [3.05, 3.63) is 65.2 Å². The molecule has 1 atom stereocenters. The maximum absolute atomic E-state index is 13.2. The van der Waals surface area contributed by atoms with Gasteiger partial charge in [-0.1, -0.05) is 36.4 Å². The normalized spacial score (nSPS) is 11.3. The van der Waals surface area contributed by atoms with Gasteiger partial charge >= 0.3 is 11.9 Å². The lowest BCUT2D eigenvalue weighted by Crippen LogP contribution is -2.50. The second-order valence-electron chi connectivity index (χ2n) is 9.10. The van der Waals surface area contributed by atoms with Crippen LogP contribution in [0.25, 0.3) is 0 Å². The van der Waals surface area contributed by atoms with E-state index in [0.29, 0.717) is 37.0 Å². The molecule has 0 aromatic heterocycles. The zero-order chi connectivity index (χ0) is 28.8. The van der Waals surface area contributed by atoms with E-state index in [1.165, 1.54) is 4.90 Å². The molecule has 0 aliphatic rings. The van der Waals surface area contributed by atoms with E-state index in [9.17, 15) is 24.3 Å². The zero-order valence-electron chi connectivity index (χ0n) is 22.0. The van der Waals surface area contributed by atoms with Crippen LogP contribution < -0.4 is 15.8 Å². The molecule has 2 rings (SSSR count). The van der Waals surface area contributed by atoms with Gasteiger partial charge in [-0.15, -0.1) is 0 Å². The standard InChI is InChI=1S/C28H36N4O7/c1-39-22-12-8-20(9-13-22)14-16-32(17-15-25(34)35)28(38)23(18-26(36)37)31-24(33)5-3-2-4-19-6-10-21(11-7-19)27(29)30/h6-13,23H,2-5,14-18H2,1H3,(H3,29,30)(H,31,33)(H,34,35)(H,36,37)/t23-/m0/s1. The van der Waals surface area contributed by atoms with Crippen LogP contribution in [0, 0.1) is 5.41 Å². The molecule has 0 heterocycles. The van der Waals surface area contributed by atoms with Crippen LogP contribution in [0.4, 0.5) is 0 Å². The molecule has 11 heteroatoms. The maximum atomic E-state index is 13.2. The Morgan fingerprint density at radius 3 is 2.08 bits per heavy atom. The molecule has 0 bridgehead atoms. The van der Waals surface area contributed by atoms with Gasteiger partial charge in [-0.3, -0.25) is 24.6 Å². The number of hydrogen-bond donors (Lipinski definition) is 5. The summed E-state index contributed by atoms with van der Waals surface area (Å²) >= 11 is 0. The number of amidine groups is 1. The highest BCUT2D eigenvalue weighted by atomic mass is 16.5. The first-order chi connectivity index (χ1) is 18.6. The minimum Gasteiger partial charge on any atom is -0.497 e. The number of aliphatic carboxylic acids is 2. The minimum atomic E-state index is -1.31. The minimum absolute atomic E-state index is 0.00839. The predicted molar refractivity (Wildman–Crippen MR) is 145 cm³/mol. The summed E-state index contributed by atoms with van der Waals surface area (Å²) in [4.78, 5) is 49.7. The Labute approximate surface area is 227 Å². The van der Waals surface area contributed by atoms with Crippen LogP contribution in [0.3, 0.4) is 0 Å². The van der Waals surface area contributed by atoms with Crippen molar-refractivity contribution in [2.45, 2.75) is 51.0 Å². The number of ether oxygens (including phenoxy) is 1.